The van der Waals surface area contributed by atoms with E-state index in [1.54, 1.807) is 12.1 Å². The third-order valence-corrected chi connectivity index (χ3v) is 7.35. The van der Waals surface area contributed by atoms with E-state index < -0.39 is 20.0 Å². The first kappa shape index (κ1) is 19.2. The van der Waals surface area contributed by atoms with Crippen molar-refractivity contribution in [2.24, 2.45) is 5.92 Å². The van der Waals surface area contributed by atoms with Gasteiger partial charge in [-0.1, -0.05) is 6.92 Å². The molecule has 2 rings (SSSR count). The van der Waals surface area contributed by atoms with Crippen LogP contribution >= 0.6 is 0 Å². The van der Waals surface area contributed by atoms with Crippen LogP contribution < -0.4 is 9.46 Å². The van der Waals surface area contributed by atoms with E-state index in [9.17, 15) is 16.8 Å². The van der Waals surface area contributed by atoms with Crippen LogP contribution in [0.2, 0.25) is 0 Å². The normalized spacial score (nSPS) is 20.0. The summed E-state index contributed by atoms with van der Waals surface area (Å²) in [7, 11) is -5.68. The molecule has 0 radical (unpaired) electrons. The number of ether oxygens (including phenoxy) is 1. The topological polar surface area (TPSA) is 92.8 Å². The lowest BCUT2D eigenvalue weighted by atomic mass is 10.0. The molecule has 1 aliphatic heterocycles. The molecule has 0 amide bonds. The number of methoxy groups -OCH3 is 1. The van der Waals surface area contributed by atoms with Gasteiger partial charge in [-0.05, 0) is 43.0 Å². The van der Waals surface area contributed by atoms with Crippen molar-refractivity contribution in [3.05, 3.63) is 24.3 Å². The minimum atomic E-state index is -3.63. The van der Waals surface area contributed by atoms with Gasteiger partial charge < -0.3 is 4.74 Å². The number of benzene rings is 1. The third-order valence-electron chi connectivity index (χ3n) is 4.03. The second kappa shape index (κ2) is 7.81. The molecule has 0 aromatic heterocycles. The lowest BCUT2D eigenvalue weighted by Gasteiger charge is -2.29. The van der Waals surface area contributed by atoms with Crippen LogP contribution in [-0.4, -0.2) is 53.6 Å². The van der Waals surface area contributed by atoms with Crippen LogP contribution in [0.15, 0.2) is 29.2 Å². The highest BCUT2D eigenvalue weighted by molar-refractivity contribution is 7.91. The summed E-state index contributed by atoms with van der Waals surface area (Å²) in [5, 5.41) is 0. The zero-order chi connectivity index (χ0) is 17.8. The van der Waals surface area contributed by atoms with Crippen molar-refractivity contribution in [1.29, 1.82) is 0 Å². The van der Waals surface area contributed by atoms with Crippen LogP contribution in [0.25, 0.3) is 0 Å². The molecule has 0 spiro atoms. The van der Waals surface area contributed by atoms with Gasteiger partial charge in [0.25, 0.3) is 10.2 Å². The summed E-state index contributed by atoms with van der Waals surface area (Å²) in [6, 6.07) is 6.03. The Morgan fingerprint density at radius 2 is 1.88 bits per heavy atom. The van der Waals surface area contributed by atoms with Crippen molar-refractivity contribution in [1.82, 2.24) is 9.03 Å². The summed E-state index contributed by atoms with van der Waals surface area (Å²) in [5.41, 5.74) is 0. The molecular formula is C15H24N2O5S2. The Hall–Kier alpha value is -1.16. The SMILES string of the molecule is COc1ccc(S(=O)(=O)CCNS(=O)(=O)N2CCC[C@@H](C)C2)cc1. The lowest BCUT2D eigenvalue weighted by molar-refractivity contribution is 0.278. The van der Waals surface area contributed by atoms with Crippen molar-refractivity contribution < 1.29 is 21.6 Å². The molecule has 1 heterocycles. The van der Waals surface area contributed by atoms with Crippen molar-refractivity contribution >= 4 is 20.0 Å². The van der Waals surface area contributed by atoms with Crippen molar-refractivity contribution in [3.8, 4) is 5.75 Å². The van der Waals surface area contributed by atoms with Gasteiger partial charge in [0.15, 0.2) is 9.84 Å². The molecule has 7 nitrogen and oxygen atoms in total. The molecule has 1 fully saturated rings. The van der Waals surface area contributed by atoms with Gasteiger partial charge in [0.1, 0.15) is 5.75 Å². The average Bonchev–Trinajstić information content (AvgIpc) is 2.54. The maximum absolute atomic E-state index is 12.3. The Balaban J connectivity index is 1.94. The Morgan fingerprint density at radius 3 is 2.46 bits per heavy atom. The van der Waals surface area contributed by atoms with Crippen molar-refractivity contribution in [3.63, 3.8) is 0 Å². The Labute approximate surface area is 144 Å². The van der Waals surface area contributed by atoms with E-state index in [0.717, 1.165) is 12.8 Å². The quantitative estimate of drug-likeness (QED) is 0.767. The molecule has 0 saturated carbocycles. The summed E-state index contributed by atoms with van der Waals surface area (Å²) in [5.74, 6) is 0.592. The number of sulfone groups is 1. The average molecular weight is 377 g/mol. The zero-order valence-corrected chi connectivity index (χ0v) is 15.6. The molecule has 0 bridgehead atoms. The molecule has 9 heteroatoms. The molecule has 136 valence electrons. The Kier molecular flexibility index (Phi) is 6.24. The first-order valence-electron chi connectivity index (χ1n) is 7.86. The number of rotatable bonds is 7. The van der Waals surface area contributed by atoms with Gasteiger partial charge in [-0.3, -0.25) is 0 Å². The van der Waals surface area contributed by atoms with E-state index in [-0.39, 0.29) is 17.2 Å². The smallest absolute Gasteiger partial charge is 0.279 e. The van der Waals surface area contributed by atoms with E-state index in [0.29, 0.717) is 24.8 Å². The summed E-state index contributed by atoms with van der Waals surface area (Å²) in [4.78, 5) is 0.147. The number of nitrogens with one attached hydrogen (secondary N) is 1. The Morgan fingerprint density at radius 1 is 1.21 bits per heavy atom. The van der Waals surface area contributed by atoms with Gasteiger partial charge in [0, 0.05) is 19.6 Å². The van der Waals surface area contributed by atoms with Crippen LogP contribution in [0.5, 0.6) is 5.75 Å². The van der Waals surface area contributed by atoms with Crippen molar-refractivity contribution in [2.45, 2.75) is 24.7 Å². The van der Waals surface area contributed by atoms with Gasteiger partial charge in [0.05, 0.1) is 17.8 Å². The van der Waals surface area contributed by atoms with E-state index >= 15 is 0 Å². The maximum Gasteiger partial charge on any atom is 0.279 e. The molecular weight excluding hydrogens is 352 g/mol. The summed E-state index contributed by atoms with van der Waals surface area (Å²) >= 11 is 0. The molecule has 1 atom stereocenters. The van der Waals surface area contributed by atoms with Gasteiger partial charge >= 0.3 is 0 Å². The van der Waals surface area contributed by atoms with Gasteiger partial charge in [-0.15, -0.1) is 0 Å². The Bertz CT molecular complexity index is 745. The molecule has 0 aliphatic carbocycles. The van der Waals surface area contributed by atoms with Crippen LogP contribution in [0.4, 0.5) is 0 Å². The fourth-order valence-electron chi connectivity index (χ4n) is 2.66. The van der Waals surface area contributed by atoms with Crippen LogP contribution in [0, 0.1) is 5.92 Å². The molecule has 1 aromatic carbocycles. The second-order valence-corrected chi connectivity index (χ2v) is 9.86. The molecule has 24 heavy (non-hydrogen) atoms. The van der Waals surface area contributed by atoms with E-state index in [2.05, 4.69) is 4.72 Å². The standard InChI is InChI=1S/C15H24N2O5S2/c1-13-4-3-10-17(12-13)24(20,21)16-9-11-23(18,19)15-7-5-14(22-2)6-8-15/h5-8,13,16H,3-4,9-12H2,1-2H3/t13-/m1/s1. The third kappa shape index (κ3) is 4.92. The summed E-state index contributed by atoms with van der Waals surface area (Å²) in [6.07, 6.45) is 1.84. The van der Waals surface area contributed by atoms with E-state index in [1.807, 2.05) is 6.92 Å². The van der Waals surface area contributed by atoms with Crippen LogP contribution in [0.1, 0.15) is 19.8 Å². The predicted octanol–water partition coefficient (Wildman–Crippen LogP) is 1.04. The number of hydrogen-bond donors (Lipinski definition) is 1. The summed E-state index contributed by atoms with van der Waals surface area (Å²) in [6.45, 7) is 2.81. The van der Waals surface area contributed by atoms with E-state index in [1.165, 1.54) is 23.5 Å². The molecule has 0 unspecified atom stereocenters. The van der Waals surface area contributed by atoms with Gasteiger partial charge in [0.2, 0.25) is 0 Å². The summed E-state index contributed by atoms with van der Waals surface area (Å²) < 4.78 is 57.8. The number of piperidine rings is 1. The maximum atomic E-state index is 12.3. The van der Waals surface area contributed by atoms with Gasteiger partial charge in [-0.2, -0.15) is 12.7 Å². The first-order valence-corrected chi connectivity index (χ1v) is 11.0. The minimum absolute atomic E-state index is 0.147. The fraction of sp³-hybridized carbons (Fsp3) is 0.600. The van der Waals surface area contributed by atoms with Crippen molar-refractivity contribution in [2.75, 3.05) is 32.5 Å². The predicted molar refractivity (Wildman–Crippen MR) is 91.9 cm³/mol. The zero-order valence-electron chi connectivity index (χ0n) is 13.9. The lowest BCUT2D eigenvalue weighted by Crippen LogP contribution is -2.46. The first-order chi connectivity index (χ1) is 11.2. The second-order valence-electron chi connectivity index (χ2n) is 6.00. The number of hydrogen-bond acceptors (Lipinski definition) is 5. The fourth-order valence-corrected chi connectivity index (χ4v) is 5.31. The minimum Gasteiger partial charge on any atom is -0.497 e. The molecule has 1 saturated heterocycles. The molecule has 1 N–H and O–H groups in total. The highest BCUT2D eigenvalue weighted by Crippen LogP contribution is 2.18. The molecule has 1 aromatic rings. The van der Waals surface area contributed by atoms with Crippen LogP contribution in [-0.2, 0) is 20.0 Å². The highest BCUT2D eigenvalue weighted by atomic mass is 32.2. The van der Waals surface area contributed by atoms with E-state index in [4.69, 9.17) is 4.74 Å². The van der Waals surface area contributed by atoms with Crippen LogP contribution in [0.3, 0.4) is 0 Å². The van der Waals surface area contributed by atoms with Gasteiger partial charge in [-0.25, -0.2) is 13.1 Å². The molecule has 1 aliphatic rings. The highest BCUT2D eigenvalue weighted by Gasteiger charge is 2.27. The number of nitrogens with zero attached hydrogens (tertiary/aromatic N) is 1. The monoisotopic (exact) mass is 376 g/mol. The largest absolute Gasteiger partial charge is 0.497 e.